The van der Waals surface area contributed by atoms with E-state index in [1.54, 1.807) is 0 Å². The molecule has 5 aliphatic rings. The average Bonchev–Trinajstić information content (AvgIpc) is 2.86. The minimum Gasteiger partial charge on any atom is -0.396 e. The van der Waals surface area contributed by atoms with Gasteiger partial charge in [0.2, 0.25) is 0 Å². The molecule has 5 N–H and O–H groups in total. The summed E-state index contributed by atoms with van der Waals surface area (Å²) in [6, 6.07) is 0. The topological polar surface area (TPSA) is 101 Å². The number of rotatable bonds is 1. The Bertz CT molecular complexity index is 845. The first-order valence-electron chi connectivity index (χ1n) is 14.5. The van der Waals surface area contributed by atoms with Crippen LogP contribution in [0, 0.1) is 50.7 Å². The zero-order valence-electron chi connectivity index (χ0n) is 23.1. The minimum absolute atomic E-state index is 0.00979. The maximum atomic E-state index is 12.5. The number of hydrogen-bond donors (Lipinski definition) is 5. The van der Waals surface area contributed by atoms with Gasteiger partial charge in [0, 0.05) is 11.3 Å². The maximum absolute atomic E-state index is 12.5. The van der Waals surface area contributed by atoms with Crippen molar-refractivity contribution in [3.05, 3.63) is 0 Å². The fourth-order valence-electron chi connectivity index (χ4n) is 11.8. The molecular formula is C30H52O5. The van der Waals surface area contributed by atoms with Crippen LogP contribution in [0.15, 0.2) is 0 Å². The van der Waals surface area contributed by atoms with Crippen molar-refractivity contribution in [2.75, 3.05) is 6.61 Å². The SMILES string of the molecule is CC1(C)[C@H](O)CC[C@@]2(C)[C@H]1CC[C@]1(O)C[C@]3(C)CC[C@@H]4[C@](C)(CC[C@@H](O)[C@]4(C)CO)[C@H]3C[C@@H](O)[C@@H]12. The van der Waals surface area contributed by atoms with E-state index in [2.05, 4.69) is 41.5 Å². The van der Waals surface area contributed by atoms with E-state index in [1.165, 1.54) is 0 Å². The summed E-state index contributed by atoms with van der Waals surface area (Å²) >= 11 is 0. The third-order valence-electron chi connectivity index (χ3n) is 13.5. The fraction of sp³-hybridized carbons (Fsp3) is 1.00. The second-order valence-electron chi connectivity index (χ2n) is 15.6. The van der Waals surface area contributed by atoms with Crippen LogP contribution in [-0.2, 0) is 0 Å². The molecule has 5 aliphatic carbocycles. The Morgan fingerprint density at radius 2 is 1.29 bits per heavy atom. The molecular weight excluding hydrogens is 440 g/mol. The summed E-state index contributed by atoms with van der Waals surface area (Å²) in [5.41, 5.74) is -2.02. The van der Waals surface area contributed by atoms with Crippen LogP contribution in [-0.4, -0.2) is 56.1 Å². The van der Waals surface area contributed by atoms with Gasteiger partial charge >= 0.3 is 0 Å². The molecule has 0 saturated heterocycles. The van der Waals surface area contributed by atoms with Crippen LogP contribution in [0.5, 0.6) is 0 Å². The molecule has 35 heavy (non-hydrogen) atoms. The maximum Gasteiger partial charge on any atom is 0.0711 e. The monoisotopic (exact) mass is 492 g/mol. The van der Waals surface area contributed by atoms with Gasteiger partial charge in [-0.05, 0) is 104 Å². The van der Waals surface area contributed by atoms with Gasteiger partial charge in [0.25, 0.3) is 0 Å². The summed E-state index contributed by atoms with van der Waals surface area (Å²) in [5.74, 6) is 0.526. The Morgan fingerprint density at radius 1 is 0.686 bits per heavy atom. The Balaban J connectivity index is 1.56. The van der Waals surface area contributed by atoms with E-state index in [9.17, 15) is 25.5 Å². The normalized spacial score (nSPS) is 59.9. The van der Waals surface area contributed by atoms with Gasteiger partial charge in [-0.1, -0.05) is 41.5 Å². The van der Waals surface area contributed by atoms with Crippen LogP contribution in [0.25, 0.3) is 0 Å². The largest absolute Gasteiger partial charge is 0.396 e. The highest BCUT2D eigenvalue weighted by molar-refractivity contribution is 5.18. The van der Waals surface area contributed by atoms with Crippen LogP contribution < -0.4 is 0 Å². The summed E-state index contributed by atoms with van der Waals surface area (Å²) in [6.07, 6.45) is 6.67. The van der Waals surface area contributed by atoms with E-state index < -0.39 is 23.2 Å². The molecule has 0 radical (unpaired) electrons. The van der Waals surface area contributed by atoms with Gasteiger partial charge in [0.05, 0.1) is 30.5 Å². The molecule has 5 saturated carbocycles. The second-order valence-corrected chi connectivity index (χ2v) is 15.6. The van der Waals surface area contributed by atoms with Gasteiger partial charge in [0.15, 0.2) is 0 Å². The van der Waals surface area contributed by atoms with Crippen molar-refractivity contribution >= 4 is 0 Å². The zero-order valence-corrected chi connectivity index (χ0v) is 23.1. The second kappa shape index (κ2) is 7.91. The Labute approximate surface area is 212 Å². The molecule has 202 valence electrons. The van der Waals surface area contributed by atoms with E-state index in [0.717, 1.165) is 44.9 Å². The Hall–Kier alpha value is -0.200. The van der Waals surface area contributed by atoms with Gasteiger partial charge in [0.1, 0.15) is 0 Å². The summed E-state index contributed by atoms with van der Waals surface area (Å²) in [5, 5.41) is 56.7. The van der Waals surface area contributed by atoms with Crippen LogP contribution >= 0.6 is 0 Å². The van der Waals surface area contributed by atoms with Gasteiger partial charge < -0.3 is 25.5 Å². The third-order valence-corrected chi connectivity index (χ3v) is 13.5. The standard InChI is InChI=1S/C30H52O5/c1-25(2)19-8-14-30(35)16-26(3)11-7-20-27(4,12-10-23(34)29(20,6)17-31)21(26)15-18(32)24(30)28(19,5)13-9-22(25)33/h18-24,31-35H,7-17H2,1-6H3/t18-,19+,20-,21+,22-,23-,24-,26+,27+,28+,29-,30+/m1/s1. The van der Waals surface area contributed by atoms with E-state index in [1.807, 2.05) is 0 Å². The molecule has 5 rings (SSSR count). The highest BCUT2D eigenvalue weighted by Gasteiger charge is 2.69. The lowest BCUT2D eigenvalue weighted by Gasteiger charge is -2.65. The third kappa shape index (κ3) is 3.36. The Kier molecular flexibility index (Phi) is 5.97. The highest BCUT2D eigenvalue weighted by Crippen LogP contribution is 2.71. The first kappa shape index (κ1) is 26.4. The van der Waals surface area contributed by atoms with Crippen molar-refractivity contribution in [3.8, 4) is 0 Å². The van der Waals surface area contributed by atoms with Crippen LogP contribution in [0.1, 0.15) is 106 Å². The van der Waals surface area contributed by atoms with Crippen LogP contribution in [0.2, 0.25) is 0 Å². The van der Waals surface area contributed by atoms with Crippen LogP contribution in [0.4, 0.5) is 0 Å². The fourth-order valence-corrected chi connectivity index (χ4v) is 11.8. The van der Waals surface area contributed by atoms with Crippen molar-refractivity contribution in [3.63, 3.8) is 0 Å². The molecule has 0 spiro atoms. The molecule has 5 nitrogen and oxygen atoms in total. The molecule has 5 heteroatoms. The number of fused-ring (bicyclic) bond motifs is 6. The summed E-state index contributed by atoms with van der Waals surface area (Å²) in [4.78, 5) is 0. The van der Waals surface area contributed by atoms with Gasteiger partial charge in [-0.2, -0.15) is 0 Å². The van der Waals surface area contributed by atoms with Gasteiger partial charge in [-0.15, -0.1) is 0 Å². The van der Waals surface area contributed by atoms with Crippen molar-refractivity contribution < 1.29 is 25.5 Å². The number of aliphatic hydroxyl groups excluding tert-OH is 4. The van der Waals surface area contributed by atoms with E-state index in [-0.39, 0.29) is 58.0 Å². The quantitative estimate of drug-likeness (QED) is 0.376. The van der Waals surface area contributed by atoms with Crippen molar-refractivity contribution in [1.29, 1.82) is 0 Å². The predicted octanol–water partition coefficient (Wildman–Crippen LogP) is 4.28. The molecule has 0 amide bonds. The molecule has 0 aliphatic heterocycles. The first-order chi connectivity index (χ1) is 16.1. The average molecular weight is 493 g/mol. The zero-order chi connectivity index (χ0) is 25.8. The number of hydrogen-bond acceptors (Lipinski definition) is 5. The lowest BCUT2D eigenvalue weighted by atomic mass is 9.41. The summed E-state index contributed by atoms with van der Waals surface area (Å²) in [6.45, 7) is 13.4. The summed E-state index contributed by atoms with van der Waals surface area (Å²) in [7, 11) is 0. The van der Waals surface area contributed by atoms with Gasteiger partial charge in [-0.25, -0.2) is 0 Å². The van der Waals surface area contributed by atoms with Crippen molar-refractivity contribution in [1.82, 2.24) is 0 Å². The smallest absolute Gasteiger partial charge is 0.0711 e. The lowest BCUT2D eigenvalue weighted by Crippen LogP contribution is -2.64. The molecule has 0 aromatic rings. The first-order valence-corrected chi connectivity index (χ1v) is 14.5. The Morgan fingerprint density at radius 3 is 1.94 bits per heavy atom. The van der Waals surface area contributed by atoms with Crippen LogP contribution in [0.3, 0.4) is 0 Å². The van der Waals surface area contributed by atoms with E-state index in [4.69, 9.17) is 0 Å². The van der Waals surface area contributed by atoms with E-state index >= 15 is 0 Å². The molecule has 12 atom stereocenters. The molecule has 0 heterocycles. The molecule has 0 bridgehead atoms. The molecule has 0 unspecified atom stereocenters. The van der Waals surface area contributed by atoms with Gasteiger partial charge in [-0.3, -0.25) is 0 Å². The van der Waals surface area contributed by atoms with Crippen molar-refractivity contribution in [2.45, 2.75) is 130 Å². The van der Waals surface area contributed by atoms with Crippen molar-refractivity contribution in [2.24, 2.45) is 50.7 Å². The molecule has 0 aromatic carbocycles. The minimum atomic E-state index is -0.899. The predicted molar refractivity (Wildman–Crippen MR) is 136 cm³/mol. The molecule has 0 aromatic heterocycles. The highest BCUT2D eigenvalue weighted by atomic mass is 16.3. The lowest BCUT2D eigenvalue weighted by molar-refractivity contribution is -0.228. The van der Waals surface area contributed by atoms with E-state index in [0.29, 0.717) is 19.3 Å². The molecule has 5 fully saturated rings. The summed E-state index contributed by atoms with van der Waals surface area (Å²) < 4.78 is 0. The number of aliphatic hydroxyl groups is 5.